The van der Waals surface area contributed by atoms with Gasteiger partial charge >= 0.3 is 0 Å². The molecule has 0 atom stereocenters. The van der Waals surface area contributed by atoms with Crippen molar-refractivity contribution in [1.82, 2.24) is 0 Å². The molecule has 0 fully saturated rings. The van der Waals surface area contributed by atoms with Crippen molar-refractivity contribution in [2.45, 2.75) is 6.42 Å². The van der Waals surface area contributed by atoms with E-state index in [4.69, 9.17) is 0 Å². The number of fused-ring (bicyclic) bond motifs is 4. The van der Waals surface area contributed by atoms with Gasteiger partial charge in [-0.05, 0) is 29.5 Å². The Hall–Kier alpha value is -3.20. The topological polar surface area (TPSA) is 46.2 Å². The van der Waals surface area contributed by atoms with E-state index >= 15 is 0 Å². The van der Waals surface area contributed by atoms with Gasteiger partial charge in [-0.2, -0.15) is 0 Å². The van der Waals surface area contributed by atoms with E-state index in [2.05, 4.69) is 41.7 Å². The molecule has 1 heterocycles. The van der Waals surface area contributed by atoms with Crippen LogP contribution in [-0.4, -0.2) is 18.1 Å². The van der Waals surface area contributed by atoms with Gasteiger partial charge in [0.25, 0.3) is 0 Å². The fraction of sp³-hybridized carbons (Fsp3) is 0.0909. The van der Waals surface area contributed by atoms with Crippen molar-refractivity contribution in [3.63, 3.8) is 0 Å². The number of hydrogen-bond acceptors (Lipinski definition) is 3. The lowest BCUT2D eigenvalue weighted by Crippen LogP contribution is -2.10. The van der Waals surface area contributed by atoms with Crippen LogP contribution < -0.4 is 5.32 Å². The molecule has 0 saturated heterocycles. The summed E-state index contributed by atoms with van der Waals surface area (Å²) in [4.78, 5) is 22.4. The Morgan fingerprint density at radius 1 is 0.720 bits per heavy atom. The van der Waals surface area contributed by atoms with E-state index in [0.29, 0.717) is 11.1 Å². The number of carbonyl (C=O) groups is 2. The number of rotatable bonds is 0. The number of carbonyl (C=O) groups excluding carboxylic acids is 2. The maximum absolute atomic E-state index is 11.2. The first-order valence-electron chi connectivity index (χ1n) is 8.34. The second kappa shape index (κ2) is 6.36. The third-order valence-electron chi connectivity index (χ3n) is 4.56. The zero-order valence-electron chi connectivity index (χ0n) is 13.7. The van der Waals surface area contributed by atoms with E-state index in [1.54, 1.807) is 24.3 Å². The molecular weight excluding hydrogens is 310 g/mol. The van der Waals surface area contributed by atoms with Crippen molar-refractivity contribution in [2.24, 2.45) is 0 Å². The Morgan fingerprint density at radius 3 is 2.08 bits per heavy atom. The predicted octanol–water partition coefficient (Wildman–Crippen LogP) is 4.43. The minimum atomic E-state index is -0.0924. The second-order valence-electron chi connectivity index (χ2n) is 6.11. The summed E-state index contributed by atoms with van der Waals surface area (Å²) in [5.41, 5.74) is 3.81. The van der Waals surface area contributed by atoms with Crippen LogP contribution in [0.15, 0.2) is 72.8 Å². The van der Waals surface area contributed by atoms with Crippen molar-refractivity contribution in [3.05, 3.63) is 89.5 Å². The number of nitrogens with one attached hydrogen (secondary N) is 1. The standard InChI is InChI=1S/C12H11N.C10H6O2/c1-2-4-11-9(3-1)5-6-10-7-8-13-12(10)11;11-9-5-6-10(12)8-4-2-1-3-7(8)9/h1-6,13H,7-8H2;1-6H. The summed E-state index contributed by atoms with van der Waals surface area (Å²) in [7, 11) is 0. The highest BCUT2D eigenvalue weighted by Gasteiger charge is 2.17. The van der Waals surface area contributed by atoms with Crippen LogP contribution in [0.4, 0.5) is 5.69 Å². The van der Waals surface area contributed by atoms with Gasteiger partial charge in [-0.1, -0.05) is 60.7 Å². The predicted molar refractivity (Wildman–Crippen MR) is 100 cm³/mol. The highest BCUT2D eigenvalue weighted by Crippen LogP contribution is 2.30. The van der Waals surface area contributed by atoms with Crippen LogP contribution in [0.5, 0.6) is 0 Å². The summed E-state index contributed by atoms with van der Waals surface area (Å²) < 4.78 is 0. The van der Waals surface area contributed by atoms with E-state index in [1.807, 2.05) is 0 Å². The Morgan fingerprint density at radius 2 is 1.36 bits per heavy atom. The maximum atomic E-state index is 11.2. The molecule has 3 heteroatoms. The van der Waals surface area contributed by atoms with Gasteiger partial charge in [0.2, 0.25) is 0 Å². The van der Waals surface area contributed by atoms with E-state index in [-0.39, 0.29) is 11.6 Å². The summed E-state index contributed by atoms with van der Waals surface area (Å²) in [6.45, 7) is 1.09. The number of hydrogen-bond donors (Lipinski definition) is 1. The van der Waals surface area contributed by atoms with Gasteiger partial charge < -0.3 is 5.32 Å². The van der Waals surface area contributed by atoms with E-state index < -0.39 is 0 Å². The van der Waals surface area contributed by atoms with Crippen molar-refractivity contribution in [2.75, 3.05) is 11.9 Å². The molecule has 0 saturated carbocycles. The Kier molecular flexibility index (Phi) is 3.90. The smallest absolute Gasteiger partial charge is 0.186 e. The Labute approximate surface area is 146 Å². The van der Waals surface area contributed by atoms with Crippen LogP contribution in [0.3, 0.4) is 0 Å². The molecule has 1 N–H and O–H groups in total. The normalized spacial score (nSPS) is 14.4. The first-order valence-corrected chi connectivity index (χ1v) is 8.34. The SMILES string of the molecule is O=C1C=CC(=O)c2ccccc21.c1ccc2c3c(ccc2c1)CCN3. The molecular formula is C22H17NO2. The zero-order valence-corrected chi connectivity index (χ0v) is 13.7. The summed E-state index contributed by atoms with van der Waals surface area (Å²) in [5.74, 6) is -0.185. The van der Waals surface area contributed by atoms with Gasteiger partial charge in [-0.25, -0.2) is 0 Å². The molecule has 0 aromatic heterocycles. The van der Waals surface area contributed by atoms with Gasteiger partial charge in [0, 0.05) is 28.7 Å². The number of ketones is 2. The summed E-state index contributed by atoms with van der Waals surface area (Å²) in [6, 6.07) is 19.8. The molecule has 0 bridgehead atoms. The average Bonchev–Trinajstić information content (AvgIpc) is 3.15. The van der Waals surface area contributed by atoms with Crippen LogP contribution in [-0.2, 0) is 6.42 Å². The number of allylic oxidation sites excluding steroid dienone is 2. The molecule has 3 aromatic rings. The monoisotopic (exact) mass is 327 g/mol. The second-order valence-corrected chi connectivity index (χ2v) is 6.11. The lowest BCUT2D eigenvalue weighted by molar-refractivity contribution is 0.0994. The number of anilines is 1. The van der Waals surface area contributed by atoms with E-state index in [9.17, 15) is 9.59 Å². The summed E-state index contributed by atoms with van der Waals surface area (Å²) in [5, 5.41) is 6.13. The lowest BCUT2D eigenvalue weighted by atomic mass is 9.95. The molecule has 1 aliphatic heterocycles. The van der Waals surface area contributed by atoms with E-state index in [1.165, 1.54) is 40.6 Å². The van der Waals surface area contributed by atoms with Gasteiger partial charge in [0.1, 0.15) is 0 Å². The molecule has 0 radical (unpaired) electrons. The zero-order chi connectivity index (χ0) is 17.2. The van der Waals surface area contributed by atoms with Crippen molar-refractivity contribution in [1.29, 1.82) is 0 Å². The first-order chi connectivity index (χ1) is 12.2. The van der Waals surface area contributed by atoms with E-state index in [0.717, 1.165) is 6.54 Å². The largest absolute Gasteiger partial charge is 0.384 e. The van der Waals surface area contributed by atoms with Gasteiger partial charge in [0.15, 0.2) is 11.6 Å². The maximum Gasteiger partial charge on any atom is 0.186 e. The molecule has 1 aliphatic carbocycles. The molecule has 3 nitrogen and oxygen atoms in total. The van der Waals surface area contributed by atoms with Gasteiger partial charge in [0.05, 0.1) is 0 Å². The van der Waals surface area contributed by atoms with Crippen molar-refractivity contribution in [3.8, 4) is 0 Å². The fourth-order valence-electron chi connectivity index (χ4n) is 3.30. The molecule has 0 spiro atoms. The molecule has 25 heavy (non-hydrogen) atoms. The highest BCUT2D eigenvalue weighted by atomic mass is 16.1. The number of benzene rings is 3. The van der Waals surface area contributed by atoms with Crippen LogP contribution in [0.2, 0.25) is 0 Å². The van der Waals surface area contributed by atoms with Gasteiger partial charge in [-0.3, -0.25) is 9.59 Å². The Bertz CT molecular complexity index is 980. The first kappa shape index (κ1) is 15.3. The van der Waals surface area contributed by atoms with Crippen molar-refractivity contribution >= 4 is 28.0 Å². The molecule has 5 rings (SSSR count). The quantitative estimate of drug-likeness (QED) is 0.664. The molecule has 2 aliphatic rings. The Balaban J connectivity index is 0.000000126. The van der Waals surface area contributed by atoms with Crippen LogP contribution in [0.25, 0.3) is 10.8 Å². The molecule has 0 unspecified atom stereocenters. The van der Waals surface area contributed by atoms with Crippen LogP contribution in [0, 0.1) is 0 Å². The highest BCUT2D eigenvalue weighted by molar-refractivity contribution is 6.21. The summed E-state index contributed by atoms with van der Waals surface area (Å²) >= 11 is 0. The average molecular weight is 327 g/mol. The van der Waals surface area contributed by atoms with Crippen LogP contribution >= 0.6 is 0 Å². The minimum absolute atomic E-state index is 0.0924. The van der Waals surface area contributed by atoms with Crippen LogP contribution in [0.1, 0.15) is 26.3 Å². The third-order valence-corrected chi connectivity index (χ3v) is 4.56. The minimum Gasteiger partial charge on any atom is -0.384 e. The van der Waals surface area contributed by atoms with Gasteiger partial charge in [-0.15, -0.1) is 0 Å². The lowest BCUT2D eigenvalue weighted by Gasteiger charge is -2.06. The fourth-order valence-corrected chi connectivity index (χ4v) is 3.30. The third kappa shape index (κ3) is 2.85. The summed E-state index contributed by atoms with van der Waals surface area (Å²) in [6.07, 6.45) is 3.79. The molecule has 0 amide bonds. The van der Waals surface area contributed by atoms with Crippen molar-refractivity contribution < 1.29 is 9.59 Å². The molecule has 3 aromatic carbocycles. The molecule has 122 valence electrons.